The van der Waals surface area contributed by atoms with Gasteiger partial charge in [0.2, 0.25) is 0 Å². The molecule has 1 aliphatic heterocycles. The van der Waals surface area contributed by atoms with Crippen molar-refractivity contribution in [2.24, 2.45) is 0 Å². The van der Waals surface area contributed by atoms with E-state index in [1.807, 2.05) is 24.3 Å². The van der Waals surface area contributed by atoms with Crippen LogP contribution in [0.2, 0.25) is 0 Å². The first kappa shape index (κ1) is 15.1. The lowest BCUT2D eigenvalue weighted by Crippen LogP contribution is -2.27. The van der Waals surface area contributed by atoms with Crippen molar-refractivity contribution >= 4 is 27.9 Å². The van der Waals surface area contributed by atoms with Crippen LogP contribution >= 0.6 is 0 Å². The molecule has 4 heteroatoms. The van der Waals surface area contributed by atoms with Crippen LogP contribution in [0.25, 0.3) is 16.5 Å². The molecule has 4 nitrogen and oxygen atoms in total. The van der Waals surface area contributed by atoms with Crippen LogP contribution in [0, 0.1) is 0 Å². The Morgan fingerprint density at radius 3 is 2.73 bits per heavy atom. The van der Waals surface area contributed by atoms with Gasteiger partial charge in [-0.15, -0.1) is 0 Å². The standard InChI is InChI=1S/C22H18N2O2/c25-14-8-6-13(7-9-14)21-20-15(3-1-5-19(20)26)16-10-11-18-17(22(16)24-21)4-2-12-23-18/h2,4,6-12,21,24-25H,1,3,5H2/t21-/m1/s1. The predicted octanol–water partition coefficient (Wildman–Crippen LogP) is 4.61. The maximum absolute atomic E-state index is 12.8. The normalized spacial score (nSPS) is 19.1. The maximum Gasteiger partial charge on any atom is 0.161 e. The number of rotatable bonds is 1. The smallest absolute Gasteiger partial charge is 0.161 e. The molecule has 0 saturated carbocycles. The largest absolute Gasteiger partial charge is 0.508 e. The summed E-state index contributed by atoms with van der Waals surface area (Å²) < 4.78 is 0. The summed E-state index contributed by atoms with van der Waals surface area (Å²) >= 11 is 0. The predicted molar refractivity (Wildman–Crippen MR) is 102 cm³/mol. The van der Waals surface area contributed by atoms with E-state index in [1.165, 1.54) is 0 Å². The lowest BCUT2D eigenvalue weighted by molar-refractivity contribution is -0.116. The van der Waals surface area contributed by atoms with Crippen molar-refractivity contribution in [2.45, 2.75) is 25.3 Å². The lowest BCUT2D eigenvalue weighted by atomic mass is 9.77. The summed E-state index contributed by atoms with van der Waals surface area (Å²) in [7, 11) is 0. The second kappa shape index (κ2) is 5.70. The summed E-state index contributed by atoms with van der Waals surface area (Å²) in [5, 5.41) is 14.3. The number of aromatic nitrogens is 1. The number of anilines is 1. The molecular formula is C22H18N2O2. The fraction of sp³-hybridized carbons (Fsp3) is 0.182. The van der Waals surface area contributed by atoms with Crippen molar-refractivity contribution < 1.29 is 9.90 Å². The molecule has 0 unspecified atom stereocenters. The van der Waals surface area contributed by atoms with Gasteiger partial charge in [-0.2, -0.15) is 0 Å². The van der Waals surface area contributed by atoms with E-state index in [-0.39, 0.29) is 17.6 Å². The Labute approximate surface area is 151 Å². The Bertz CT molecular complexity index is 1070. The molecule has 2 aromatic carbocycles. The number of pyridine rings is 1. The van der Waals surface area contributed by atoms with Crippen molar-refractivity contribution in [3.8, 4) is 5.75 Å². The average Bonchev–Trinajstić information content (AvgIpc) is 2.68. The molecule has 2 heterocycles. The van der Waals surface area contributed by atoms with E-state index < -0.39 is 0 Å². The molecule has 1 aliphatic carbocycles. The van der Waals surface area contributed by atoms with Crippen LogP contribution in [-0.2, 0) is 4.79 Å². The quantitative estimate of drug-likeness (QED) is 0.678. The fourth-order valence-electron chi connectivity index (χ4n) is 4.17. The Kier molecular flexibility index (Phi) is 3.32. The molecule has 2 N–H and O–H groups in total. The molecule has 0 radical (unpaired) electrons. The van der Waals surface area contributed by atoms with Crippen molar-refractivity contribution in [1.82, 2.24) is 4.98 Å². The van der Waals surface area contributed by atoms with E-state index in [0.717, 1.165) is 51.7 Å². The highest BCUT2D eigenvalue weighted by molar-refractivity contribution is 6.11. The molecule has 128 valence electrons. The minimum atomic E-state index is -0.197. The average molecular weight is 342 g/mol. The zero-order valence-electron chi connectivity index (χ0n) is 14.2. The fourth-order valence-corrected chi connectivity index (χ4v) is 4.17. The molecule has 2 aliphatic rings. The summed E-state index contributed by atoms with van der Waals surface area (Å²) in [5.74, 6) is 0.442. The molecule has 0 spiro atoms. The number of aromatic hydroxyl groups is 1. The van der Waals surface area contributed by atoms with E-state index in [0.29, 0.717) is 6.42 Å². The van der Waals surface area contributed by atoms with Crippen LogP contribution in [0.1, 0.15) is 36.4 Å². The number of hydrogen-bond acceptors (Lipinski definition) is 4. The van der Waals surface area contributed by atoms with Gasteiger partial charge in [-0.05, 0) is 54.3 Å². The second-order valence-electron chi connectivity index (χ2n) is 6.90. The number of allylic oxidation sites excluding steroid dienone is 1. The number of phenolic OH excluding ortho intramolecular Hbond substituents is 1. The minimum absolute atomic E-state index is 0.197. The van der Waals surface area contributed by atoms with Crippen molar-refractivity contribution in [3.05, 3.63) is 71.4 Å². The Morgan fingerprint density at radius 2 is 1.88 bits per heavy atom. The van der Waals surface area contributed by atoms with Crippen LogP contribution in [0.3, 0.4) is 0 Å². The van der Waals surface area contributed by atoms with E-state index in [2.05, 4.69) is 22.4 Å². The van der Waals surface area contributed by atoms with Crippen molar-refractivity contribution in [3.63, 3.8) is 0 Å². The summed E-state index contributed by atoms with van der Waals surface area (Å²) in [6.07, 6.45) is 4.20. The van der Waals surface area contributed by atoms with Gasteiger partial charge in [0, 0.05) is 29.1 Å². The van der Waals surface area contributed by atoms with Crippen LogP contribution in [0.15, 0.2) is 60.3 Å². The molecule has 5 rings (SSSR count). The molecule has 0 amide bonds. The highest BCUT2D eigenvalue weighted by Gasteiger charge is 2.34. The van der Waals surface area contributed by atoms with Gasteiger partial charge < -0.3 is 10.4 Å². The molecule has 3 aromatic rings. The highest BCUT2D eigenvalue weighted by Crippen LogP contribution is 2.47. The second-order valence-corrected chi connectivity index (χ2v) is 6.90. The van der Waals surface area contributed by atoms with Crippen LogP contribution < -0.4 is 5.32 Å². The molecule has 1 atom stereocenters. The molecule has 0 bridgehead atoms. The van der Waals surface area contributed by atoms with Crippen molar-refractivity contribution in [1.29, 1.82) is 0 Å². The number of nitrogens with zero attached hydrogens (tertiary/aromatic N) is 1. The number of phenols is 1. The number of Topliss-reactive ketones (excluding diaryl/α,β-unsaturated/α-hetero) is 1. The zero-order valence-corrected chi connectivity index (χ0v) is 14.2. The van der Waals surface area contributed by atoms with E-state index in [1.54, 1.807) is 18.3 Å². The molecular weight excluding hydrogens is 324 g/mol. The number of benzene rings is 2. The van der Waals surface area contributed by atoms with Gasteiger partial charge >= 0.3 is 0 Å². The first-order valence-corrected chi connectivity index (χ1v) is 8.92. The number of ketones is 1. The first-order chi connectivity index (χ1) is 12.7. The SMILES string of the molecule is O=C1CCCC2=C1[C@@H](c1ccc(O)cc1)Nc1c2ccc2ncccc12. The summed E-state index contributed by atoms with van der Waals surface area (Å²) in [4.78, 5) is 17.3. The van der Waals surface area contributed by atoms with Gasteiger partial charge in [-0.3, -0.25) is 9.78 Å². The van der Waals surface area contributed by atoms with Gasteiger partial charge in [0.1, 0.15) is 5.75 Å². The van der Waals surface area contributed by atoms with Gasteiger partial charge in [0.05, 0.1) is 17.2 Å². The molecule has 0 saturated heterocycles. The zero-order chi connectivity index (χ0) is 17.7. The molecule has 26 heavy (non-hydrogen) atoms. The van der Waals surface area contributed by atoms with Crippen LogP contribution in [0.4, 0.5) is 5.69 Å². The topological polar surface area (TPSA) is 62.2 Å². The Balaban J connectivity index is 1.77. The molecule has 0 fully saturated rings. The maximum atomic E-state index is 12.8. The van der Waals surface area contributed by atoms with Crippen LogP contribution in [0.5, 0.6) is 5.75 Å². The summed E-state index contributed by atoms with van der Waals surface area (Å²) in [5.41, 5.74) is 6.11. The summed E-state index contributed by atoms with van der Waals surface area (Å²) in [6.45, 7) is 0. The number of fused-ring (bicyclic) bond motifs is 4. The Hall–Kier alpha value is -3.14. The third kappa shape index (κ3) is 2.22. The van der Waals surface area contributed by atoms with Gasteiger partial charge in [0.25, 0.3) is 0 Å². The van der Waals surface area contributed by atoms with Crippen LogP contribution in [-0.4, -0.2) is 15.9 Å². The number of hydrogen-bond donors (Lipinski definition) is 2. The first-order valence-electron chi connectivity index (χ1n) is 8.92. The van der Waals surface area contributed by atoms with Crippen molar-refractivity contribution in [2.75, 3.05) is 5.32 Å². The highest BCUT2D eigenvalue weighted by atomic mass is 16.3. The van der Waals surface area contributed by atoms with E-state index in [9.17, 15) is 9.90 Å². The van der Waals surface area contributed by atoms with Gasteiger partial charge in [-0.25, -0.2) is 0 Å². The summed E-state index contributed by atoms with van der Waals surface area (Å²) in [6, 6.07) is 15.0. The number of nitrogens with one attached hydrogen (secondary N) is 1. The lowest BCUT2D eigenvalue weighted by Gasteiger charge is -2.35. The third-order valence-electron chi connectivity index (χ3n) is 5.37. The monoisotopic (exact) mass is 342 g/mol. The number of carbonyl (C=O) groups is 1. The van der Waals surface area contributed by atoms with E-state index in [4.69, 9.17) is 0 Å². The van der Waals surface area contributed by atoms with Gasteiger partial charge in [-0.1, -0.05) is 18.2 Å². The third-order valence-corrected chi connectivity index (χ3v) is 5.37. The Morgan fingerprint density at radius 1 is 1.04 bits per heavy atom. The van der Waals surface area contributed by atoms with Gasteiger partial charge in [0.15, 0.2) is 5.78 Å². The number of carbonyl (C=O) groups excluding carboxylic acids is 1. The molecule has 1 aromatic heterocycles. The van der Waals surface area contributed by atoms with E-state index >= 15 is 0 Å². The minimum Gasteiger partial charge on any atom is -0.508 e.